The lowest BCUT2D eigenvalue weighted by Crippen LogP contribution is -2.40. The minimum Gasteiger partial charge on any atom is -0.393 e. The van der Waals surface area contributed by atoms with Crippen LogP contribution < -0.4 is 5.73 Å². The molecule has 18 heavy (non-hydrogen) atoms. The molecule has 2 rings (SSSR count). The fourth-order valence-corrected chi connectivity index (χ4v) is 2.90. The lowest BCUT2D eigenvalue weighted by atomic mass is 9.82. The lowest BCUT2D eigenvalue weighted by Gasteiger charge is -2.37. The molecule has 1 aliphatic rings. The van der Waals surface area contributed by atoms with Crippen molar-refractivity contribution in [3.8, 4) is 0 Å². The van der Waals surface area contributed by atoms with Gasteiger partial charge in [0.2, 0.25) is 0 Å². The summed E-state index contributed by atoms with van der Waals surface area (Å²) in [5.74, 6) is 0.620. The monoisotopic (exact) mass is 312 g/mol. The summed E-state index contributed by atoms with van der Waals surface area (Å²) in [6.07, 6.45) is 1.79. The Morgan fingerprint density at radius 1 is 1.39 bits per heavy atom. The highest BCUT2D eigenvalue weighted by molar-refractivity contribution is 9.10. The van der Waals surface area contributed by atoms with Gasteiger partial charge >= 0.3 is 0 Å². The highest BCUT2D eigenvalue weighted by atomic mass is 79.9. The number of aliphatic hydroxyl groups excluding tert-OH is 1. The first-order chi connectivity index (χ1) is 8.60. The summed E-state index contributed by atoms with van der Waals surface area (Å²) in [7, 11) is 2.12. The zero-order valence-electron chi connectivity index (χ0n) is 10.7. The van der Waals surface area contributed by atoms with Gasteiger partial charge in [-0.05, 0) is 43.5 Å². The van der Waals surface area contributed by atoms with Crippen molar-refractivity contribution < 1.29 is 5.11 Å². The molecule has 0 bridgehead atoms. The zero-order valence-corrected chi connectivity index (χ0v) is 12.3. The van der Waals surface area contributed by atoms with E-state index in [4.69, 9.17) is 5.73 Å². The summed E-state index contributed by atoms with van der Waals surface area (Å²) in [6.45, 7) is 1.63. The average Bonchev–Trinajstić information content (AvgIpc) is 2.30. The standard InChI is InChI=1S/C14H21BrN2O/c1-17(9-10-6-13(18)7-10)14(8-16)11-2-4-12(15)5-3-11/h2-5,10,13-14,18H,6-9,16H2,1H3. The molecule has 3 N–H and O–H groups in total. The van der Waals surface area contributed by atoms with Crippen LogP contribution in [0.5, 0.6) is 0 Å². The van der Waals surface area contributed by atoms with E-state index in [9.17, 15) is 5.11 Å². The second-order valence-corrected chi connectivity index (χ2v) is 6.15. The molecule has 0 aromatic heterocycles. The minimum absolute atomic E-state index is 0.0765. The number of halogens is 1. The van der Waals surface area contributed by atoms with Crippen LogP contribution in [0.15, 0.2) is 28.7 Å². The van der Waals surface area contributed by atoms with Crippen LogP contribution in [0.1, 0.15) is 24.4 Å². The summed E-state index contributed by atoms with van der Waals surface area (Å²) in [5, 5.41) is 9.33. The van der Waals surface area contributed by atoms with Gasteiger partial charge in [0.05, 0.1) is 6.10 Å². The third kappa shape index (κ3) is 3.32. The number of benzene rings is 1. The molecule has 0 heterocycles. The van der Waals surface area contributed by atoms with Gasteiger partial charge in [0.25, 0.3) is 0 Å². The molecule has 1 aromatic rings. The van der Waals surface area contributed by atoms with Gasteiger partial charge in [0.1, 0.15) is 0 Å². The van der Waals surface area contributed by atoms with Crippen molar-refractivity contribution in [1.29, 1.82) is 0 Å². The van der Waals surface area contributed by atoms with E-state index in [0.29, 0.717) is 12.5 Å². The van der Waals surface area contributed by atoms with Crippen LogP contribution in [0, 0.1) is 5.92 Å². The normalized spacial score (nSPS) is 24.9. The number of nitrogens with two attached hydrogens (primary N) is 1. The van der Waals surface area contributed by atoms with Crippen molar-refractivity contribution in [2.75, 3.05) is 20.1 Å². The quantitative estimate of drug-likeness (QED) is 0.876. The summed E-state index contributed by atoms with van der Waals surface area (Å²) < 4.78 is 1.09. The van der Waals surface area contributed by atoms with E-state index in [1.807, 2.05) is 0 Å². The molecule has 0 spiro atoms. The van der Waals surface area contributed by atoms with E-state index in [2.05, 4.69) is 52.1 Å². The average molecular weight is 313 g/mol. The van der Waals surface area contributed by atoms with Gasteiger partial charge in [0.15, 0.2) is 0 Å². The summed E-state index contributed by atoms with van der Waals surface area (Å²) in [6, 6.07) is 8.61. The second kappa shape index (κ2) is 6.15. The molecule has 4 heteroatoms. The maximum absolute atomic E-state index is 9.33. The molecule has 100 valence electrons. The Bertz CT molecular complexity index is 376. The molecule has 1 saturated carbocycles. The molecular weight excluding hydrogens is 292 g/mol. The number of rotatable bonds is 5. The van der Waals surface area contributed by atoms with Crippen molar-refractivity contribution >= 4 is 15.9 Å². The first-order valence-corrected chi connectivity index (χ1v) is 7.23. The molecule has 1 atom stereocenters. The fourth-order valence-electron chi connectivity index (χ4n) is 2.64. The Morgan fingerprint density at radius 3 is 2.50 bits per heavy atom. The number of hydrogen-bond acceptors (Lipinski definition) is 3. The van der Waals surface area contributed by atoms with E-state index >= 15 is 0 Å². The zero-order chi connectivity index (χ0) is 13.1. The smallest absolute Gasteiger partial charge is 0.0546 e. The largest absolute Gasteiger partial charge is 0.393 e. The molecule has 0 aliphatic heterocycles. The summed E-state index contributed by atoms with van der Waals surface area (Å²) in [4.78, 5) is 2.31. The van der Waals surface area contributed by atoms with Crippen LogP contribution in [-0.2, 0) is 0 Å². The van der Waals surface area contributed by atoms with E-state index in [-0.39, 0.29) is 12.1 Å². The van der Waals surface area contributed by atoms with Gasteiger partial charge in [-0.25, -0.2) is 0 Å². The molecule has 1 unspecified atom stereocenters. The van der Waals surface area contributed by atoms with Crippen molar-refractivity contribution in [3.63, 3.8) is 0 Å². The second-order valence-electron chi connectivity index (χ2n) is 5.23. The predicted octanol–water partition coefficient (Wildman–Crippen LogP) is 2.15. The number of hydrogen-bond donors (Lipinski definition) is 2. The van der Waals surface area contributed by atoms with Crippen molar-refractivity contribution in [3.05, 3.63) is 34.3 Å². The van der Waals surface area contributed by atoms with Crippen molar-refractivity contribution in [2.24, 2.45) is 11.7 Å². The maximum atomic E-state index is 9.33. The topological polar surface area (TPSA) is 49.5 Å². The van der Waals surface area contributed by atoms with Gasteiger partial charge in [-0.2, -0.15) is 0 Å². The Labute approximate surface area is 117 Å². The molecule has 0 radical (unpaired) electrons. The molecule has 1 aromatic carbocycles. The van der Waals surface area contributed by atoms with Crippen LogP contribution in [-0.4, -0.2) is 36.2 Å². The van der Waals surface area contributed by atoms with E-state index in [1.165, 1.54) is 5.56 Å². The highest BCUT2D eigenvalue weighted by Crippen LogP contribution is 2.30. The minimum atomic E-state index is -0.0765. The number of likely N-dealkylation sites (N-methyl/N-ethyl adjacent to an activating group) is 1. The molecule has 3 nitrogen and oxygen atoms in total. The first-order valence-electron chi connectivity index (χ1n) is 6.44. The third-order valence-corrected chi connectivity index (χ3v) is 4.30. The first kappa shape index (κ1) is 14.0. The molecule has 0 amide bonds. The Morgan fingerprint density at radius 2 is 2.00 bits per heavy atom. The molecular formula is C14H21BrN2O. The Kier molecular flexibility index (Phi) is 4.78. The van der Waals surface area contributed by atoms with Crippen LogP contribution in [0.25, 0.3) is 0 Å². The lowest BCUT2D eigenvalue weighted by molar-refractivity contribution is 0.0224. The van der Waals surface area contributed by atoms with E-state index in [1.54, 1.807) is 0 Å². The van der Waals surface area contributed by atoms with E-state index in [0.717, 1.165) is 23.9 Å². The van der Waals surface area contributed by atoms with Gasteiger partial charge in [-0.15, -0.1) is 0 Å². The SMILES string of the molecule is CN(CC1CC(O)C1)C(CN)c1ccc(Br)cc1. The van der Waals surface area contributed by atoms with Gasteiger partial charge in [-0.3, -0.25) is 4.90 Å². The van der Waals surface area contributed by atoms with Crippen LogP contribution in [0.2, 0.25) is 0 Å². The van der Waals surface area contributed by atoms with E-state index < -0.39 is 0 Å². The van der Waals surface area contributed by atoms with Crippen LogP contribution in [0.4, 0.5) is 0 Å². The Hall–Kier alpha value is -0.420. The fraction of sp³-hybridized carbons (Fsp3) is 0.571. The molecule has 1 fully saturated rings. The number of nitrogens with zero attached hydrogens (tertiary/aromatic N) is 1. The van der Waals surface area contributed by atoms with Crippen molar-refractivity contribution in [2.45, 2.75) is 25.0 Å². The Balaban J connectivity index is 1.96. The highest BCUT2D eigenvalue weighted by Gasteiger charge is 2.29. The third-order valence-electron chi connectivity index (χ3n) is 3.77. The van der Waals surface area contributed by atoms with Gasteiger partial charge in [-0.1, -0.05) is 28.1 Å². The van der Waals surface area contributed by atoms with Gasteiger partial charge < -0.3 is 10.8 Å². The number of aliphatic hydroxyl groups is 1. The summed E-state index contributed by atoms with van der Waals surface area (Å²) >= 11 is 3.45. The molecule has 0 saturated heterocycles. The van der Waals surface area contributed by atoms with Gasteiger partial charge in [0, 0.05) is 23.6 Å². The maximum Gasteiger partial charge on any atom is 0.0546 e. The van der Waals surface area contributed by atoms with Crippen LogP contribution in [0.3, 0.4) is 0 Å². The van der Waals surface area contributed by atoms with Crippen molar-refractivity contribution in [1.82, 2.24) is 4.90 Å². The predicted molar refractivity (Wildman–Crippen MR) is 77.3 cm³/mol. The van der Waals surface area contributed by atoms with Crippen LogP contribution >= 0.6 is 15.9 Å². The summed E-state index contributed by atoms with van der Waals surface area (Å²) in [5.41, 5.74) is 7.16. The molecule has 1 aliphatic carbocycles.